The number of fused-ring (bicyclic) bond motifs is 1. The summed E-state index contributed by atoms with van der Waals surface area (Å²) in [5, 5.41) is 0. The van der Waals surface area contributed by atoms with Gasteiger partial charge in [-0.15, -0.1) is 0 Å². The van der Waals surface area contributed by atoms with Gasteiger partial charge >= 0.3 is 5.97 Å². The summed E-state index contributed by atoms with van der Waals surface area (Å²) in [6.45, 7) is 2.31. The molecule has 5 heteroatoms. The Labute approximate surface area is 151 Å². The fourth-order valence-corrected chi connectivity index (χ4v) is 3.55. The summed E-state index contributed by atoms with van der Waals surface area (Å²) in [4.78, 5) is 25.0. The van der Waals surface area contributed by atoms with Gasteiger partial charge in [0.05, 0.1) is 12.0 Å². The number of ketones is 1. The Morgan fingerprint density at radius 1 is 1.04 bits per heavy atom. The van der Waals surface area contributed by atoms with Gasteiger partial charge in [-0.2, -0.15) is 0 Å². The lowest BCUT2D eigenvalue weighted by Gasteiger charge is -2.38. The molecule has 2 aliphatic rings. The van der Waals surface area contributed by atoms with Gasteiger partial charge in [0.15, 0.2) is 5.60 Å². The highest BCUT2D eigenvalue weighted by Gasteiger charge is 2.58. The molecule has 2 aliphatic heterocycles. The van der Waals surface area contributed by atoms with E-state index in [2.05, 4.69) is 0 Å². The quantitative estimate of drug-likeness (QED) is 0.626. The van der Waals surface area contributed by atoms with Crippen LogP contribution in [0, 0.1) is 0 Å². The van der Waals surface area contributed by atoms with Gasteiger partial charge < -0.3 is 14.2 Å². The zero-order valence-corrected chi connectivity index (χ0v) is 14.3. The smallest absolute Gasteiger partial charge is 0.380 e. The molecule has 2 aromatic carbocycles. The van der Waals surface area contributed by atoms with Gasteiger partial charge in [-0.25, -0.2) is 4.79 Å². The molecule has 26 heavy (non-hydrogen) atoms. The molecule has 5 nitrogen and oxygen atoms in total. The van der Waals surface area contributed by atoms with Gasteiger partial charge in [0.2, 0.25) is 6.29 Å². The summed E-state index contributed by atoms with van der Waals surface area (Å²) < 4.78 is 17.4. The molecule has 0 aromatic heterocycles. The van der Waals surface area contributed by atoms with Crippen molar-refractivity contribution in [2.24, 2.45) is 0 Å². The second-order valence-electron chi connectivity index (χ2n) is 6.19. The monoisotopic (exact) mass is 350 g/mol. The lowest BCUT2D eigenvalue weighted by atomic mass is 9.79. The fourth-order valence-electron chi connectivity index (χ4n) is 3.55. The highest BCUT2D eigenvalue weighted by Crippen LogP contribution is 2.50. The second kappa shape index (κ2) is 6.42. The van der Waals surface area contributed by atoms with Crippen molar-refractivity contribution < 1.29 is 23.8 Å². The van der Waals surface area contributed by atoms with E-state index in [1.165, 1.54) is 0 Å². The Kier molecular flexibility index (Phi) is 4.09. The Hall–Kier alpha value is -2.92. The van der Waals surface area contributed by atoms with E-state index < -0.39 is 23.6 Å². The third kappa shape index (κ3) is 2.52. The lowest BCUT2D eigenvalue weighted by molar-refractivity contribution is -0.167. The largest absolute Gasteiger partial charge is 0.464 e. The molecular weight excluding hydrogens is 332 g/mol. The Balaban J connectivity index is 1.97. The van der Waals surface area contributed by atoms with Gasteiger partial charge in [-0.3, -0.25) is 4.79 Å². The molecule has 1 fully saturated rings. The van der Waals surface area contributed by atoms with Crippen LogP contribution in [0.4, 0.5) is 0 Å². The number of hydrogen-bond acceptors (Lipinski definition) is 5. The predicted molar refractivity (Wildman–Crippen MR) is 93.7 cm³/mol. The summed E-state index contributed by atoms with van der Waals surface area (Å²) in [5.41, 5.74) is 0.490. The van der Waals surface area contributed by atoms with Crippen molar-refractivity contribution in [3.8, 4) is 0 Å². The highest BCUT2D eigenvalue weighted by atomic mass is 16.7. The molecule has 4 rings (SSSR count). The van der Waals surface area contributed by atoms with Crippen LogP contribution in [0.25, 0.3) is 5.76 Å². The van der Waals surface area contributed by atoms with Crippen molar-refractivity contribution in [1.82, 2.24) is 0 Å². The fraction of sp³-hybridized carbons (Fsp3) is 0.238. The lowest BCUT2D eigenvalue weighted by Crippen LogP contribution is -2.39. The number of ether oxygens (including phenoxy) is 3. The molecule has 132 valence electrons. The molecule has 2 heterocycles. The first-order valence-electron chi connectivity index (χ1n) is 8.57. The summed E-state index contributed by atoms with van der Waals surface area (Å²) >= 11 is 0. The van der Waals surface area contributed by atoms with Crippen LogP contribution in [0.1, 0.15) is 24.5 Å². The van der Waals surface area contributed by atoms with Crippen molar-refractivity contribution in [1.29, 1.82) is 0 Å². The summed E-state index contributed by atoms with van der Waals surface area (Å²) in [5.74, 6) is -1.18. The maximum atomic E-state index is 12.7. The van der Waals surface area contributed by atoms with E-state index in [1.807, 2.05) is 67.6 Å². The van der Waals surface area contributed by atoms with Crippen molar-refractivity contribution >= 4 is 17.5 Å². The van der Waals surface area contributed by atoms with Gasteiger partial charge in [-0.05, 0) is 6.92 Å². The van der Waals surface area contributed by atoms with Crippen LogP contribution < -0.4 is 0 Å². The average Bonchev–Trinajstić information content (AvgIpc) is 2.94. The molecule has 0 amide bonds. The minimum Gasteiger partial charge on any atom is -0.464 e. The third-order valence-electron chi connectivity index (χ3n) is 4.64. The number of rotatable bonds is 4. The third-order valence-corrected chi connectivity index (χ3v) is 4.64. The van der Waals surface area contributed by atoms with Crippen LogP contribution in [0.2, 0.25) is 0 Å². The standard InChI is InChI=1S/C21H18O5/c1-2-24-16-13-21(15-11-7-4-8-12-15)17(18(22)20(23)26-21)19(25-16)14-9-5-3-6-10-14/h3-12,16H,2,13H2,1H3. The van der Waals surface area contributed by atoms with E-state index in [0.29, 0.717) is 17.9 Å². The van der Waals surface area contributed by atoms with E-state index >= 15 is 0 Å². The average molecular weight is 350 g/mol. The number of esters is 1. The van der Waals surface area contributed by atoms with E-state index in [0.717, 1.165) is 5.56 Å². The molecule has 2 aromatic rings. The Morgan fingerprint density at radius 2 is 1.69 bits per heavy atom. The highest BCUT2D eigenvalue weighted by molar-refractivity contribution is 6.44. The first kappa shape index (κ1) is 16.5. The normalized spacial score (nSPS) is 24.9. The minimum atomic E-state index is -1.20. The van der Waals surface area contributed by atoms with Crippen molar-refractivity contribution in [3.05, 3.63) is 77.4 Å². The van der Waals surface area contributed by atoms with Gasteiger partial charge in [0.25, 0.3) is 5.78 Å². The van der Waals surface area contributed by atoms with Gasteiger partial charge in [0, 0.05) is 17.7 Å². The molecule has 0 bridgehead atoms. The maximum absolute atomic E-state index is 12.7. The van der Waals surface area contributed by atoms with Crippen LogP contribution >= 0.6 is 0 Å². The summed E-state index contributed by atoms with van der Waals surface area (Å²) in [6, 6.07) is 18.5. The number of hydrogen-bond donors (Lipinski definition) is 0. The van der Waals surface area contributed by atoms with E-state index in [4.69, 9.17) is 14.2 Å². The molecule has 0 aliphatic carbocycles. The van der Waals surface area contributed by atoms with Crippen molar-refractivity contribution in [3.63, 3.8) is 0 Å². The molecule has 1 saturated heterocycles. The maximum Gasteiger partial charge on any atom is 0.380 e. The van der Waals surface area contributed by atoms with Crippen LogP contribution in [0.3, 0.4) is 0 Å². The van der Waals surface area contributed by atoms with Gasteiger partial charge in [0.1, 0.15) is 5.76 Å². The molecule has 0 N–H and O–H groups in total. The van der Waals surface area contributed by atoms with E-state index in [9.17, 15) is 9.59 Å². The van der Waals surface area contributed by atoms with Crippen molar-refractivity contribution in [2.45, 2.75) is 25.2 Å². The van der Waals surface area contributed by atoms with Gasteiger partial charge in [-0.1, -0.05) is 60.7 Å². The summed E-state index contributed by atoms with van der Waals surface area (Å²) in [6.07, 6.45) is -0.397. The number of carbonyl (C=O) groups excluding carboxylic acids is 2. The molecule has 0 spiro atoms. The minimum absolute atomic E-state index is 0.230. The van der Waals surface area contributed by atoms with Crippen LogP contribution in [-0.2, 0) is 29.4 Å². The molecule has 2 atom stereocenters. The molecular formula is C21H18O5. The Morgan fingerprint density at radius 3 is 2.35 bits per heavy atom. The van der Waals surface area contributed by atoms with Crippen LogP contribution in [-0.4, -0.2) is 24.6 Å². The number of Topliss-reactive ketones (excluding diaryl/α,β-unsaturated/α-hetero) is 1. The first-order valence-corrected chi connectivity index (χ1v) is 8.57. The first-order chi connectivity index (χ1) is 12.7. The SMILES string of the molecule is CCOC1CC2(c3ccccc3)OC(=O)C(=O)C2=C(c2ccccc2)O1. The van der Waals surface area contributed by atoms with E-state index in [-0.39, 0.29) is 12.0 Å². The predicted octanol–water partition coefficient (Wildman–Crippen LogP) is 3.20. The molecule has 2 unspecified atom stereocenters. The second-order valence-corrected chi connectivity index (χ2v) is 6.19. The van der Waals surface area contributed by atoms with Crippen molar-refractivity contribution in [2.75, 3.05) is 6.61 Å². The molecule has 0 saturated carbocycles. The molecule has 0 radical (unpaired) electrons. The van der Waals surface area contributed by atoms with E-state index in [1.54, 1.807) is 0 Å². The van der Waals surface area contributed by atoms with Crippen LogP contribution in [0.15, 0.2) is 66.2 Å². The summed E-state index contributed by atoms with van der Waals surface area (Å²) in [7, 11) is 0. The van der Waals surface area contributed by atoms with Crippen LogP contribution in [0.5, 0.6) is 0 Å². The number of carbonyl (C=O) groups is 2. The Bertz CT molecular complexity index is 872. The topological polar surface area (TPSA) is 61.8 Å². The zero-order chi connectivity index (χ0) is 18.1. The number of benzene rings is 2. The zero-order valence-electron chi connectivity index (χ0n) is 14.3.